The van der Waals surface area contributed by atoms with Crippen molar-refractivity contribution in [2.24, 2.45) is 5.92 Å². The van der Waals surface area contributed by atoms with Crippen LogP contribution in [0.15, 0.2) is 18.2 Å². The van der Waals surface area contributed by atoms with Gasteiger partial charge in [0.1, 0.15) is 5.75 Å². The maximum Gasteiger partial charge on any atom is 0.306 e. The van der Waals surface area contributed by atoms with Crippen LogP contribution in [0, 0.1) is 5.92 Å². The van der Waals surface area contributed by atoms with E-state index in [-0.39, 0.29) is 5.97 Å². The summed E-state index contributed by atoms with van der Waals surface area (Å²) < 4.78 is 10.4. The number of carbonyl (C=O) groups is 2. The lowest BCUT2D eigenvalue weighted by Gasteiger charge is -2.16. The van der Waals surface area contributed by atoms with Crippen molar-refractivity contribution in [1.29, 1.82) is 0 Å². The Bertz CT molecular complexity index is 584. The topological polar surface area (TPSA) is 64.6 Å². The van der Waals surface area contributed by atoms with E-state index >= 15 is 0 Å². The van der Waals surface area contributed by atoms with Crippen LogP contribution in [0.4, 0.5) is 5.69 Å². The lowest BCUT2D eigenvalue weighted by atomic mass is 10.0. The molecule has 0 aromatic heterocycles. The van der Waals surface area contributed by atoms with Gasteiger partial charge in [-0.1, -0.05) is 37.3 Å². The van der Waals surface area contributed by atoms with Gasteiger partial charge < -0.3 is 14.8 Å². The van der Waals surface area contributed by atoms with E-state index in [9.17, 15) is 9.59 Å². The second-order valence-electron chi connectivity index (χ2n) is 6.16. The summed E-state index contributed by atoms with van der Waals surface area (Å²) in [7, 11) is 1.51. The Balaban J connectivity index is 1.83. The number of benzene rings is 1. The summed E-state index contributed by atoms with van der Waals surface area (Å²) >= 11 is 5.93. The molecule has 2 rings (SSSR count). The molecule has 1 unspecified atom stereocenters. The van der Waals surface area contributed by atoms with E-state index in [1.165, 1.54) is 32.8 Å². The first-order chi connectivity index (χ1) is 11.5. The Morgan fingerprint density at radius 2 is 2.04 bits per heavy atom. The molecule has 0 heterocycles. The maximum absolute atomic E-state index is 12.2. The van der Waals surface area contributed by atoms with Gasteiger partial charge in [0, 0.05) is 11.4 Å². The smallest absolute Gasteiger partial charge is 0.306 e. The highest BCUT2D eigenvalue weighted by molar-refractivity contribution is 6.31. The van der Waals surface area contributed by atoms with Gasteiger partial charge in [0.05, 0.1) is 12.8 Å². The number of hydrogen-bond donors (Lipinski definition) is 1. The number of anilines is 1. The van der Waals surface area contributed by atoms with Crippen molar-refractivity contribution in [3.05, 3.63) is 23.2 Å². The molecule has 1 aromatic carbocycles. The van der Waals surface area contributed by atoms with Crippen molar-refractivity contribution >= 4 is 29.2 Å². The van der Waals surface area contributed by atoms with Gasteiger partial charge in [0.2, 0.25) is 0 Å². The molecule has 1 fully saturated rings. The van der Waals surface area contributed by atoms with Crippen LogP contribution in [0.5, 0.6) is 5.75 Å². The number of ether oxygens (including phenoxy) is 2. The molecule has 5 nitrogen and oxygen atoms in total. The summed E-state index contributed by atoms with van der Waals surface area (Å²) in [5.41, 5.74) is 0.448. The highest BCUT2D eigenvalue weighted by Crippen LogP contribution is 2.29. The molecule has 1 aliphatic carbocycles. The molecule has 1 aliphatic rings. The molecule has 0 saturated heterocycles. The van der Waals surface area contributed by atoms with E-state index in [0.29, 0.717) is 28.8 Å². The van der Waals surface area contributed by atoms with E-state index in [1.807, 2.05) is 0 Å². The Labute approximate surface area is 147 Å². The van der Waals surface area contributed by atoms with Crippen LogP contribution < -0.4 is 10.1 Å². The average Bonchev–Trinajstić information content (AvgIpc) is 3.06. The van der Waals surface area contributed by atoms with Gasteiger partial charge in [-0.2, -0.15) is 0 Å². The second kappa shape index (κ2) is 8.92. The molecule has 0 aliphatic heterocycles. The van der Waals surface area contributed by atoms with Crippen molar-refractivity contribution in [2.75, 3.05) is 12.4 Å². The minimum atomic E-state index is -0.871. The van der Waals surface area contributed by atoms with Gasteiger partial charge in [0.15, 0.2) is 6.10 Å². The van der Waals surface area contributed by atoms with Crippen LogP contribution in [-0.2, 0) is 14.3 Å². The molecular formula is C18H24ClNO4. The molecule has 132 valence electrons. The van der Waals surface area contributed by atoms with Crippen LogP contribution in [0.25, 0.3) is 0 Å². The van der Waals surface area contributed by atoms with Crippen LogP contribution in [-0.4, -0.2) is 25.1 Å². The lowest BCUT2D eigenvalue weighted by molar-refractivity contribution is -0.153. The summed E-state index contributed by atoms with van der Waals surface area (Å²) in [4.78, 5) is 24.1. The third kappa shape index (κ3) is 5.41. The molecule has 1 amide bonds. The zero-order valence-corrected chi connectivity index (χ0v) is 14.9. The minimum absolute atomic E-state index is 0.331. The van der Waals surface area contributed by atoms with Crippen LogP contribution in [0.1, 0.15) is 45.4 Å². The Kier molecular flexibility index (Phi) is 6.91. The molecule has 0 radical (unpaired) electrons. The quantitative estimate of drug-likeness (QED) is 0.746. The summed E-state index contributed by atoms with van der Waals surface area (Å²) in [6, 6.07) is 4.92. The summed E-state index contributed by atoms with van der Waals surface area (Å²) in [6.45, 7) is 1.56. The van der Waals surface area contributed by atoms with Crippen molar-refractivity contribution in [3.63, 3.8) is 0 Å². The number of hydrogen-bond acceptors (Lipinski definition) is 4. The van der Waals surface area contributed by atoms with Crippen LogP contribution >= 0.6 is 11.6 Å². The standard InChI is InChI=1S/C18H24ClNO4/c1-12(24-17(21)10-7-13-5-3-4-6-13)18(22)20-15-11-14(19)8-9-16(15)23-2/h8-9,11-13H,3-7,10H2,1-2H3,(H,20,22). The van der Waals surface area contributed by atoms with E-state index < -0.39 is 12.0 Å². The maximum atomic E-state index is 12.2. The van der Waals surface area contributed by atoms with Gasteiger partial charge in [-0.25, -0.2) is 0 Å². The average molecular weight is 354 g/mol. The van der Waals surface area contributed by atoms with Crippen LogP contribution in [0.2, 0.25) is 5.02 Å². The minimum Gasteiger partial charge on any atom is -0.495 e. The SMILES string of the molecule is COc1ccc(Cl)cc1NC(=O)C(C)OC(=O)CCC1CCCC1. The first-order valence-corrected chi connectivity index (χ1v) is 8.71. The molecule has 0 bridgehead atoms. The number of amides is 1. The van der Waals surface area contributed by atoms with Gasteiger partial charge in [-0.3, -0.25) is 9.59 Å². The van der Waals surface area contributed by atoms with E-state index in [0.717, 1.165) is 6.42 Å². The van der Waals surface area contributed by atoms with E-state index in [2.05, 4.69) is 5.32 Å². The van der Waals surface area contributed by atoms with Gasteiger partial charge in [0.25, 0.3) is 5.91 Å². The predicted molar refractivity (Wildman–Crippen MR) is 93.4 cm³/mol. The zero-order valence-electron chi connectivity index (χ0n) is 14.1. The van der Waals surface area contributed by atoms with Crippen molar-refractivity contribution in [3.8, 4) is 5.75 Å². The molecule has 1 aromatic rings. The van der Waals surface area contributed by atoms with Crippen molar-refractivity contribution in [2.45, 2.75) is 51.6 Å². The van der Waals surface area contributed by atoms with Crippen molar-refractivity contribution in [1.82, 2.24) is 0 Å². The predicted octanol–water partition coefficient (Wildman–Crippen LogP) is 4.19. The Hall–Kier alpha value is -1.75. The van der Waals surface area contributed by atoms with Gasteiger partial charge >= 0.3 is 5.97 Å². The largest absolute Gasteiger partial charge is 0.495 e. The van der Waals surface area contributed by atoms with Gasteiger partial charge in [-0.15, -0.1) is 0 Å². The highest BCUT2D eigenvalue weighted by Gasteiger charge is 2.21. The van der Waals surface area contributed by atoms with E-state index in [4.69, 9.17) is 21.1 Å². The third-order valence-electron chi connectivity index (χ3n) is 4.33. The zero-order chi connectivity index (χ0) is 17.5. The highest BCUT2D eigenvalue weighted by atomic mass is 35.5. The second-order valence-corrected chi connectivity index (χ2v) is 6.59. The number of carbonyl (C=O) groups excluding carboxylic acids is 2. The fourth-order valence-electron chi connectivity index (χ4n) is 2.94. The summed E-state index contributed by atoms with van der Waals surface area (Å²) in [6.07, 6.45) is 5.22. The molecule has 6 heteroatoms. The summed E-state index contributed by atoms with van der Waals surface area (Å²) in [5.74, 6) is 0.373. The Morgan fingerprint density at radius 1 is 1.33 bits per heavy atom. The molecule has 1 saturated carbocycles. The lowest BCUT2D eigenvalue weighted by Crippen LogP contribution is -2.30. The monoisotopic (exact) mass is 353 g/mol. The Morgan fingerprint density at radius 3 is 2.71 bits per heavy atom. The first kappa shape index (κ1) is 18.6. The van der Waals surface area contributed by atoms with Gasteiger partial charge in [-0.05, 0) is 37.5 Å². The first-order valence-electron chi connectivity index (χ1n) is 8.33. The molecule has 1 N–H and O–H groups in total. The van der Waals surface area contributed by atoms with Crippen molar-refractivity contribution < 1.29 is 19.1 Å². The summed E-state index contributed by atoms with van der Waals surface area (Å²) in [5, 5.41) is 3.16. The molecule has 1 atom stereocenters. The fraction of sp³-hybridized carbons (Fsp3) is 0.556. The number of halogens is 1. The number of methoxy groups -OCH3 is 1. The normalized spacial score (nSPS) is 15.8. The van der Waals surface area contributed by atoms with E-state index in [1.54, 1.807) is 25.1 Å². The molecule has 24 heavy (non-hydrogen) atoms. The number of nitrogens with one attached hydrogen (secondary N) is 1. The molecular weight excluding hydrogens is 330 g/mol. The molecule has 0 spiro atoms. The van der Waals surface area contributed by atoms with Crippen LogP contribution in [0.3, 0.4) is 0 Å². The fourth-order valence-corrected chi connectivity index (χ4v) is 3.11. The third-order valence-corrected chi connectivity index (χ3v) is 4.56. The number of esters is 1. The number of rotatable bonds is 7.